The van der Waals surface area contributed by atoms with Crippen molar-refractivity contribution in [3.05, 3.63) is 10.9 Å². The van der Waals surface area contributed by atoms with Gasteiger partial charge in [0.25, 0.3) is 0 Å². The fourth-order valence-electron chi connectivity index (χ4n) is 3.15. The van der Waals surface area contributed by atoms with Crippen molar-refractivity contribution < 1.29 is 22.8 Å². The Bertz CT molecular complexity index is 925. The molecule has 12 heteroatoms. The van der Waals surface area contributed by atoms with E-state index in [1.54, 1.807) is 0 Å². The summed E-state index contributed by atoms with van der Waals surface area (Å²) in [5, 5.41) is 6.27. The van der Waals surface area contributed by atoms with Crippen LogP contribution >= 0.6 is 11.3 Å². The van der Waals surface area contributed by atoms with E-state index in [4.69, 9.17) is 0 Å². The molecule has 0 aliphatic carbocycles. The smallest absolute Gasteiger partial charge is 0.358 e. The SMILES string of the molecule is CCc1cc2c(N3CCN(C(=O)CC(F)(F)F)CC3)nc(NCC(=O)NC)nc2s1. The van der Waals surface area contributed by atoms with E-state index >= 15 is 0 Å². The Balaban J connectivity index is 1.79. The molecule has 164 valence electrons. The minimum Gasteiger partial charge on any atom is -0.358 e. The average Bonchev–Trinajstić information content (AvgIpc) is 3.13. The molecule has 0 atom stereocenters. The number of hydrogen-bond donors (Lipinski definition) is 2. The molecule has 0 saturated carbocycles. The van der Waals surface area contributed by atoms with Crippen molar-refractivity contribution in [2.75, 3.05) is 50.0 Å². The first-order valence-corrected chi connectivity index (χ1v) is 10.4. The Morgan fingerprint density at radius 2 is 1.90 bits per heavy atom. The number of rotatable bonds is 6. The molecule has 3 rings (SSSR count). The van der Waals surface area contributed by atoms with Gasteiger partial charge in [0.2, 0.25) is 17.8 Å². The average molecular weight is 444 g/mol. The highest BCUT2D eigenvalue weighted by Crippen LogP contribution is 2.33. The minimum absolute atomic E-state index is 0.0210. The Morgan fingerprint density at radius 1 is 1.20 bits per heavy atom. The van der Waals surface area contributed by atoms with Crippen LogP contribution in [-0.2, 0) is 16.0 Å². The van der Waals surface area contributed by atoms with E-state index in [0.29, 0.717) is 24.9 Å². The van der Waals surface area contributed by atoms with Crippen LogP contribution in [0.15, 0.2) is 6.07 Å². The molecular formula is C18H23F3N6O2S. The third kappa shape index (κ3) is 5.29. The van der Waals surface area contributed by atoms with Crippen molar-refractivity contribution in [1.82, 2.24) is 20.2 Å². The number of anilines is 2. The maximum absolute atomic E-state index is 12.5. The van der Waals surface area contributed by atoms with Crippen LogP contribution < -0.4 is 15.5 Å². The van der Waals surface area contributed by atoms with Crippen molar-refractivity contribution >= 4 is 45.1 Å². The number of carbonyl (C=O) groups excluding carboxylic acids is 2. The Kier molecular flexibility index (Phi) is 6.64. The van der Waals surface area contributed by atoms with Crippen LogP contribution in [0.25, 0.3) is 10.2 Å². The second kappa shape index (κ2) is 9.02. The summed E-state index contributed by atoms with van der Waals surface area (Å²) >= 11 is 1.53. The zero-order valence-electron chi connectivity index (χ0n) is 16.7. The monoisotopic (exact) mass is 444 g/mol. The Morgan fingerprint density at radius 3 is 2.50 bits per heavy atom. The molecule has 1 aliphatic rings. The third-order valence-electron chi connectivity index (χ3n) is 4.74. The molecule has 1 saturated heterocycles. The molecule has 0 aromatic carbocycles. The van der Waals surface area contributed by atoms with E-state index in [-0.39, 0.29) is 25.5 Å². The fraction of sp³-hybridized carbons (Fsp3) is 0.556. The Hall–Kier alpha value is -2.63. The van der Waals surface area contributed by atoms with Crippen LogP contribution in [-0.4, -0.2) is 72.6 Å². The molecule has 8 nitrogen and oxygen atoms in total. The van der Waals surface area contributed by atoms with Crippen LogP contribution in [0, 0.1) is 0 Å². The van der Waals surface area contributed by atoms with Gasteiger partial charge in [0.15, 0.2) is 0 Å². The first kappa shape index (κ1) is 22.1. The number of thiophene rings is 1. The molecule has 1 fully saturated rings. The maximum Gasteiger partial charge on any atom is 0.397 e. The summed E-state index contributed by atoms with van der Waals surface area (Å²) in [7, 11) is 1.53. The van der Waals surface area contributed by atoms with E-state index in [9.17, 15) is 22.8 Å². The largest absolute Gasteiger partial charge is 0.397 e. The topological polar surface area (TPSA) is 90.5 Å². The Labute approximate surface area is 175 Å². The zero-order chi connectivity index (χ0) is 21.9. The van der Waals surface area contributed by atoms with Gasteiger partial charge in [-0.15, -0.1) is 11.3 Å². The molecule has 2 N–H and O–H groups in total. The zero-order valence-corrected chi connectivity index (χ0v) is 17.5. The van der Waals surface area contributed by atoms with E-state index in [2.05, 4.69) is 20.6 Å². The van der Waals surface area contributed by atoms with Gasteiger partial charge >= 0.3 is 6.18 Å². The van der Waals surface area contributed by atoms with Crippen LogP contribution in [0.3, 0.4) is 0 Å². The number of hydrogen-bond acceptors (Lipinski definition) is 7. The van der Waals surface area contributed by atoms with Crippen LogP contribution in [0.5, 0.6) is 0 Å². The number of nitrogens with one attached hydrogen (secondary N) is 2. The van der Waals surface area contributed by atoms with Gasteiger partial charge in [0.1, 0.15) is 17.1 Å². The molecule has 2 aromatic heterocycles. The van der Waals surface area contributed by atoms with Crippen LogP contribution in [0.4, 0.5) is 24.9 Å². The summed E-state index contributed by atoms with van der Waals surface area (Å²) in [6.45, 7) is 3.16. The van der Waals surface area contributed by atoms with Gasteiger partial charge in [0.05, 0.1) is 11.9 Å². The molecule has 30 heavy (non-hydrogen) atoms. The first-order chi connectivity index (χ1) is 14.2. The number of aryl methyl sites for hydroxylation is 1. The van der Waals surface area contributed by atoms with E-state index in [0.717, 1.165) is 21.5 Å². The van der Waals surface area contributed by atoms with Gasteiger partial charge in [-0.05, 0) is 12.5 Å². The van der Waals surface area contributed by atoms with Crippen molar-refractivity contribution in [2.45, 2.75) is 25.9 Å². The van der Waals surface area contributed by atoms with Gasteiger partial charge in [-0.3, -0.25) is 9.59 Å². The van der Waals surface area contributed by atoms with Crippen molar-refractivity contribution in [3.63, 3.8) is 0 Å². The van der Waals surface area contributed by atoms with Gasteiger partial charge in [0, 0.05) is 38.1 Å². The quantitative estimate of drug-likeness (QED) is 0.709. The second-order valence-corrected chi connectivity index (χ2v) is 7.96. The molecule has 0 unspecified atom stereocenters. The highest BCUT2D eigenvalue weighted by molar-refractivity contribution is 7.18. The van der Waals surface area contributed by atoms with E-state index in [1.807, 2.05) is 17.9 Å². The normalized spacial score (nSPS) is 14.8. The second-order valence-electron chi connectivity index (χ2n) is 6.84. The van der Waals surface area contributed by atoms with E-state index in [1.165, 1.54) is 23.3 Å². The highest BCUT2D eigenvalue weighted by atomic mass is 32.1. The predicted molar refractivity (Wildman–Crippen MR) is 109 cm³/mol. The molecule has 0 radical (unpaired) electrons. The maximum atomic E-state index is 12.5. The fourth-order valence-corrected chi connectivity index (χ4v) is 4.11. The molecule has 0 spiro atoms. The first-order valence-electron chi connectivity index (χ1n) is 9.54. The summed E-state index contributed by atoms with van der Waals surface area (Å²) < 4.78 is 37.5. The highest BCUT2D eigenvalue weighted by Gasteiger charge is 2.34. The number of piperazine rings is 1. The third-order valence-corrected chi connectivity index (χ3v) is 5.91. The molecule has 2 aromatic rings. The van der Waals surface area contributed by atoms with Crippen molar-refractivity contribution in [3.8, 4) is 0 Å². The van der Waals surface area contributed by atoms with Crippen molar-refractivity contribution in [2.24, 2.45) is 0 Å². The number of carbonyl (C=O) groups is 2. The number of likely N-dealkylation sites (N-methyl/N-ethyl adjacent to an activating group) is 1. The summed E-state index contributed by atoms with van der Waals surface area (Å²) in [4.78, 5) is 37.5. The minimum atomic E-state index is -4.51. The molecule has 3 heterocycles. The number of halogens is 3. The number of fused-ring (bicyclic) bond motifs is 1. The molecule has 0 bridgehead atoms. The van der Waals surface area contributed by atoms with Gasteiger partial charge in [-0.1, -0.05) is 6.92 Å². The van der Waals surface area contributed by atoms with Gasteiger partial charge < -0.3 is 20.4 Å². The van der Waals surface area contributed by atoms with Crippen LogP contribution in [0.1, 0.15) is 18.2 Å². The molecule has 1 aliphatic heterocycles. The summed E-state index contributed by atoms with van der Waals surface area (Å²) in [6, 6.07) is 2.01. The van der Waals surface area contributed by atoms with Crippen LogP contribution in [0.2, 0.25) is 0 Å². The van der Waals surface area contributed by atoms with Crippen molar-refractivity contribution in [1.29, 1.82) is 0 Å². The lowest BCUT2D eigenvalue weighted by Gasteiger charge is -2.36. The standard InChI is InChI=1S/C18H23F3N6O2S/c1-3-11-8-12-15(24-17(25-16(12)30-11)23-10-13(28)22-2)27-6-4-26(5-7-27)14(29)9-18(19,20)21/h8H,3-7,9-10H2,1-2H3,(H,22,28)(H,23,24,25). The number of nitrogens with zero attached hydrogens (tertiary/aromatic N) is 4. The number of alkyl halides is 3. The lowest BCUT2D eigenvalue weighted by Crippen LogP contribution is -2.49. The summed E-state index contributed by atoms with van der Waals surface area (Å²) in [5.41, 5.74) is 0. The lowest BCUT2D eigenvalue weighted by atomic mass is 10.2. The number of aromatic nitrogens is 2. The van der Waals surface area contributed by atoms with E-state index < -0.39 is 18.5 Å². The summed E-state index contributed by atoms with van der Waals surface area (Å²) in [5.74, 6) is -0.163. The molecule has 2 amide bonds. The van der Waals surface area contributed by atoms with Gasteiger partial charge in [-0.2, -0.15) is 18.2 Å². The summed E-state index contributed by atoms with van der Waals surface area (Å²) in [6.07, 6.45) is -5.12. The van der Waals surface area contributed by atoms with Gasteiger partial charge in [-0.25, -0.2) is 4.98 Å². The predicted octanol–water partition coefficient (Wildman–Crippen LogP) is 2.01. The number of amides is 2. The lowest BCUT2D eigenvalue weighted by molar-refractivity contribution is -0.161. The molecular weight excluding hydrogens is 421 g/mol.